The summed E-state index contributed by atoms with van der Waals surface area (Å²) < 4.78 is 4.93. The molecule has 0 bridgehead atoms. The van der Waals surface area contributed by atoms with Crippen molar-refractivity contribution >= 4 is 5.97 Å². The van der Waals surface area contributed by atoms with Gasteiger partial charge in [0.15, 0.2) is 0 Å². The minimum absolute atomic E-state index is 0.130. The monoisotopic (exact) mass is 188 g/mol. The number of cyclic esters (lactones) is 1. The van der Waals surface area contributed by atoms with E-state index in [1.807, 2.05) is 20.8 Å². The summed E-state index contributed by atoms with van der Waals surface area (Å²) in [7, 11) is 0. The van der Waals surface area contributed by atoms with Gasteiger partial charge in [-0.15, -0.1) is 0 Å². The molecule has 0 spiro atoms. The van der Waals surface area contributed by atoms with Crippen molar-refractivity contribution in [3.8, 4) is 0 Å². The fraction of sp³-hybridized carbons (Fsp3) is 0.889. The van der Waals surface area contributed by atoms with E-state index < -0.39 is 0 Å². The Morgan fingerprint density at radius 2 is 2.23 bits per heavy atom. The highest BCUT2D eigenvalue weighted by Gasteiger charge is 2.24. The Bertz CT molecular complexity index is 183. The van der Waals surface area contributed by atoms with Crippen molar-refractivity contribution in [1.29, 1.82) is 0 Å². The van der Waals surface area contributed by atoms with E-state index in [4.69, 9.17) is 14.5 Å². The summed E-state index contributed by atoms with van der Waals surface area (Å²) in [5.74, 6) is -0.149. The molecule has 0 saturated carbocycles. The lowest BCUT2D eigenvalue weighted by molar-refractivity contribution is -0.355. The highest BCUT2D eigenvalue weighted by atomic mass is 17.2. The summed E-state index contributed by atoms with van der Waals surface area (Å²) in [6.45, 7) is 6.01. The van der Waals surface area contributed by atoms with Gasteiger partial charge in [-0.2, -0.15) is 0 Å². The van der Waals surface area contributed by atoms with Gasteiger partial charge in [-0.25, -0.2) is 9.78 Å². The molecule has 1 unspecified atom stereocenters. The Hall–Kier alpha value is -0.610. The van der Waals surface area contributed by atoms with Gasteiger partial charge in [0.05, 0.1) is 5.60 Å². The van der Waals surface area contributed by atoms with Crippen molar-refractivity contribution in [2.24, 2.45) is 0 Å². The van der Waals surface area contributed by atoms with E-state index in [2.05, 4.69) is 0 Å². The molecule has 0 N–H and O–H groups in total. The lowest BCUT2D eigenvalue weighted by Gasteiger charge is -2.18. The van der Waals surface area contributed by atoms with Gasteiger partial charge in [0.25, 0.3) is 0 Å². The second-order valence-corrected chi connectivity index (χ2v) is 4.13. The average molecular weight is 188 g/mol. The van der Waals surface area contributed by atoms with Crippen molar-refractivity contribution in [2.45, 2.75) is 45.3 Å². The molecule has 76 valence electrons. The summed E-state index contributed by atoms with van der Waals surface area (Å²) in [6, 6.07) is 0. The zero-order chi connectivity index (χ0) is 9.90. The topological polar surface area (TPSA) is 44.8 Å². The molecular formula is C9H16O4. The third kappa shape index (κ3) is 4.24. The van der Waals surface area contributed by atoms with Crippen LogP contribution in [0.2, 0.25) is 0 Å². The zero-order valence-corrected chi connectivity index (χ0v) is 8.33. The van der Waals surface area contributed by atoms with E-state index in [9.17, 15) is 4.79 Å². The van der Waals surface area contributed by atoms with Gasteiger partial charge in [0.1, 0.15) is 12.7 Å². The van der Waals surface area contributed by atoms with E-state index in [0.29, 0.717) is 13.0 Å². The van der Waals surface area contributed by atoms with Crippen LogP contribution < -0.4 is 0 Å². The average Bonchev–Trinajstić information content (AvgIpc) is 2.33. The van der Waals surface area contributed by atoms with Crippen LogP contribution in [0.1, 0.15) is 33.6 Å². The lowest BCUT2D eigenvalue weighted by atomic mass is 10.2. The summed E-state index contributed by atoms with van der Waals surface area (Å²) in [6.07, 6.45) is 1.09. The second kappa shape index (κ2) is 4.07. The molecule has 1 saturated heterocycles. The van der Waals surface area contributed by atoms with Gasteiger partial charge in [0.2, 0.25) is 0 Å². The van der Waals surface area contributed by atoms with Crippen molar-refractivity contribution in [1.82, 2.24) is 0 Å². The summed E-state index contributed by atoms with van der Waals surface area (Å²) >= 11 is 0. The van der Waals surface area contributed by atoms with Gasteiger partial charge in [0, 0.05) is 6.42 Å². The first-order chi connectivity index (χ1) is 5.97. The zero-order valence-electron chi connectivity index (χ0n) is 8.33. The number of ether oxygens (including phenoxy) is 1. The molecule has 0 aromatic rings. The van der Waals surface area contributed by atoms with Crippen LogP contribution in [0.4, 0.5) is 0 Å². The molecule has 0 aromatic carbocycles. The van der Waals surface area contributed by atoms with E-state index in [0.717, 1.165) is 6.42 Å². The first-order valence-corrected chi connectivity index (χ1v) is 4.47. The van der Waals surface area contributed by atoms with Crippen LogP contribution in [0.15, 0.2) is 0 Å². The Morgan fingerprint density at radius 3 is 2.69 bits per heavy atom. The number of hydrogen-bond donors (Lipinski definition) is 0. The predicted octanol–water partition coefficient (Wildman–Crippen LogP) is 1.44. The molecule has 1 aliphatic rings. The molecule has 4 nitrogen and oxygen atoms in total. The first-order valence-electron chi connectivity index (χ1n) is 4.47. The Kier molecular flexibility index (Phi) is 3.27. The third-order valence-electron chi connectivity index (χ3n) is 1.53. The maximum atomic E-state index is 10.7. The minimum Gasteiger partial charge on any atom is -0.460 e. The quantitative estimate of drug-likeness (QED) is 0.382. The van der Waals surface area contributed by atoms with E-state index in [1.54, 1.807) is 0 Å². The normalized spacial score (nSPS) is 23.3. The molecule has 1 fully saturated rings. The van der Waals surface area contributed by atoms with Crippen LogP contribution in [0.25, 0.3) is 0 Å². The Labute approximate surface area is 78.1 Å². The molecule has 1 rings (SSSR count). The molecule has 0 aromatic heterocycles. The smallest absolute Gasteiger partial charge is 0.306 e. The summed E-state index contributed by atoms with van der Waals surface area (Å²) in [5, 5.41) is 0. The van der Waals surface area contributed by atoms with Gasteiger partial charge >= 0.3 is 5.97 Å². The molecule has 4 heteroatoms. The number of hydrogen-bond acceptors (Lipinski definition) is 4. The SMILES string of the molecule is CC(C)(C)OOCC1CCC(=O)O1. The van der Waals surface area contributed by atoms with Crippen molar-refractivity contribution in [3.63, 3.8) is 0 Å². The highest BCUT2D eigenvalue weighted by Crippen LogP contribution is 2.15. The van der Waals surface area contributed by atoms with Gasteiger partial charge < -0.3 is 4.74 Å². The van der Waals surface area contributed by atoms with Crippen LogP contribution in [-0.4, -0.2) is 24.3 Å². The Balaban J connectivity index is 2.10. The number of esters is 1. The van der Waals surface area contributed by atoms with Crippen LogP contribution in [-0.2, 0) is 19.3 Å². The highest BCUT2D eigenvalue weighted by molar-refractivity contribution is 5.71. The van der Waals surface area contributed by atoms with E-state index >= 15 is 0 Å². The molecule has 0 aliphatic carbocycles. The van der Waals surface area contributed by atoms with Gasteiger partial charge in [-0.1, -0.05) is 0 Å². The predicted molar refractivity (Wildman–Crippen MR) is 45.9 cm³/mol. The van der Waals surface area contributed by atoms with Crippen LogP contribution in [0, 0.1) is 0 Å². The van der Waals surface area contributed by atoms with Crippen LogP contribution in [0.3, 0.4) is 0 Å². The summed E-state index contributed by atoms with van der Waals surface area (Å²) in [5.41, 5.74) is -0.317. The molecule has 1 atom stereocenters. The maximum Gasteiger partial charge on any atom is 0.306 e. The maximum absolute atomic E-state index is 10.7. The van der Waals surface area contributed by atoms with Gasteiger partial charge in [-0.3, -0.25) is 4.79 Å². The number of rotatable bonds is 3. The van der Waals surface area contributed by atoms with Gasteiger partial charge in [-0.05, 0) is 27.2 Å². The molecule has 1 heterocycles. The number of carbonyl (C=O) groups is 1. The van der Waals surface area contributed by atoms with Crippen molar-refractivity contribution < 1.29 is 19.3 Å². The molecule has 0 radical (unpaired) electrons. The standard InChI is InChI=1S/C9H16O4/c1-9(2,3)13-11-6-7-4-5-8(10)12-7/h7H,4-6H2,1-3H3. The molecule has 13 heavy (non-hydrogen) atoms. The molecule has 0 amide bonds. The van der Waals surface area contributed by atoms with Crippen molar-refractivity contribution in [2.75, 3.05) is 6.61 Å². The minimum atomic E-state index is -0.317. The third-order valence-corrected chi connectivity index (χ3v) is 1.53. The number of carbonyl (C=O) groups excluding carboxylic acids is 1. The van der Waals surface area contributed by atoms with E-state index in [-0.39, 0.29) is 17.7 Å². The summed E-state index contributed by atoms with van der Waals surface area (Å²) in [4.78, 5) is 20.7. The Morgan fingerprint density at radius 1 is 1.54 bits per heavy atom. The van der Waals surface area contributed by atoms with E-state index in [1.165, 1.54) is 0 Å². The van der Waals surface area contributed by atoms with Crippen molar-refractivity contribution in [3.05, 3.63) is 0 Å². The second-order valence-electron chi connectivity index (χ2n) is 4.13. The molecular weight excluding hydrogens is 172 g/mol. The fourth-order valence-electron chi connectivity index (χ4n) is 0.987. The largest absolute Gasteiger partial charge is 0.460 e. The lowest BCUT2D eigenvalue weighted by Crippen LogP contribution is -2.23. The fourth-order valence-corrected chi connectivity index (χ4v) is 0.987. The first kappa shape index (κ1) is 10.5. The van der Waals surface area contributed by atoms with Crippen LogP contribution >= 0.6 is 0 Å². The van der Waals surface area contributed by atoms with Crippen LogP contribution in [0.5, 0.6) is 0 Å². The molecule has 1 aliphatic heterocycles.